The summed E-state index contributed by atoms with van der Waals surface area (Å²) < 4.78 is 60.4. The van der Waals surface area contributed by atoms with Crippen LogP contribution in [0.15, 0.2) is 59.5 Å². The molecule has 0 unspecified atom stereocenters. The number of aryl methyl sites for hydroxylation is 1. The Morgan fingerprint density at radius 3 is 2.30 bits per heavy atom. The van der Waals surface area contributed by atoms with Gasteiger partial charge in [-0.05, 0) is 55.0 Å². The lowest BCUT2D eigenvalue weighted by atomic mass is 10.2. The van der Waals surface area contributed by atoms with Crippen molar-refractivity contribution in [3.8, 4) is 5.75 Å². The third-order valence-electron chi connectivity index (χ3n) is 4.51. The second kappa shape index (κ2) is 9.94. The number of carbonyl (C=O) groups is 1. The minimum Gasteiger partial charge on any atom is -0.495 e. The highest BCUT2D eigenvalue weighted by Crippen LogP contribution is 2.33. The summed E-state index contributed by atoms with van der Waals surface area (Å²) in [6, 6.07) is 11.2. The average Bonchev–Trinajstić information content (AvgIpc) is 2.73. The monoisotopic (exact) mass is 514 g/mol. The molecule has 3 aromatic rings. The van der Waals surface area contributed by atoms with E-state index in [1.807, 2.05) is 0 Å². The van der Waals surface area contributed by atoms with E-state index in [-0.39, 0.29) is 32.1 Å². The molecular weight excluding hydrogens is 497 g/mol. The van der Waals surface area contributed by atoms with Crippen molar-refractivity contribution in [3.05, 3.63) is 81.8 Å². The number of halogens is 4. The number of nitrogens with one attached hydrogen (secondary N) is 1. The fourth-order valence-electron chi connectivity index (χ4n) is 3.01. The van der Waals surface area contributed by atoms with Crippen molar-refractivity contribution in [2.45, 2.75) is 11.8 Å². The molecule has 0 aliphatic heterocycles. The number of rotatable bonds is 7. The first-order valence-corrected chi connectivity index (χ1v) is 11.6. The summed E-state index contributed by atoms with van der Waals surface area (Å²) in [5.41, 5.74) is 0.332. The van der Waals surface area contributed by atoms with E-state index in [0.717, 1.165) is 16.4 Å². The van der Waals surface area contributed by atoms with E-state index >= 15 is 0 Å². The average molecular weight is 515 g/mol. The van der Waals surface area contributed by atoms with Gasteiger partial charge in [-0.15, -0.1) is 0 Å². The standard InChI is InChI=1S/C22H18Cl2F2N2O4S/c1-13-3-6-20(32-2)21(7-13)33(30,31)28(17-9-14(23)8-15(24)10-17)12-22(29)27-19-5-4-16(25)11-18(19)26/h3-11H,12H2,1-2H3,(H,27,29). The van der Waals surface area contributed by atoms with Gasteiger partial charge >= 0.3 is 0 Å². The topological polar surface area (TPSA) is 75.7 Å². The zero-order valence-electron chi connectivity index (χ0n) is 17.4. The van der Waals surface area contributed by atoms with Crippen molar-refractivity contribution in [2.75, 3.05) is 23.3 Å². The van der Waals surface area contributed by atoms with Gasteiger partial charge in [0.25, 0.3) is 10.0 Å². The normalized spacial score (nSPS) is 11.2. The van der Waals surface area contributed by atoms with E-state index in [1.165, 1.54) is 37.4 Å². The Balaban J connectivity index is 2.07. The summed E-state index contributed by atoms with van der Waals surface area (Å²) >= 11 is 12.1. The van der Waals surface area contributed by atoms with E-state index in [4.69, 9.17) is 27.9 Å². The lowest BCUT2D eigenvalue weighted by molar-refractivity contribution is -0.114. The number of amides is 1. The van der Waals surface area contributed by atoms with Gasteiger partial charge in [0, 0.05) is 16.1 Å². The molecule has 0 saturated carbocycles. The predicted molar refractivity (Wildman–Crippen MR) is 124 cm³/mol. The van der Waals surface area contributed by atoms with Crippen LogP contribution in [-0.4, -0.2) is 28.0 Å². The van der Waals surface area contributed by atoms with Crippen LogP contribution in [0.1, 0.15) is 5.56 Å². The molecule has 6 nitrogen and oxygen atoms in total. The van der Waals surface area contributed by atoms with Crippen LogP contribution in [0.5, 0.6) is 5.75 Å². The number of benzene rings is 3. The van der Waals surface area contributed by atoms with Gasteiger partial charge in [-0.3, -0.25) is 9.10 Å². The molecular formula is C22H18Cl2F2N2O4S. The summed E-state index contributed by atoms with van der Waals surface area (Å²) in [5.74, 6) is -2.66. The molecule has 33 heavy (non-hydrogen) atoms. The van der Waals surface area contributed by atoms with Gasteiger partial charge in [0.05, 0.1) is 18.5 Å². The first-order valence-electron chi connectivity index (χ1n) is 9.39. The maximum Gasteiger partial charge on any atom is 0.268 e. The summed E-state index contributed by atoms with van der Waals surface area (Å²) in [4.78, 5) is 12.5. The van der Waals surface area contributed by atoms with E-state index < -0.39 is 34.1 Å². The molecule has 3 rings (SSSR count). The molecule has 0 bridgehead atoms. The van der Waals surface area contributed by atoms with Crippen LogP contribution in [-0.2, 0) is 14.8 Å². The molecule has 0 radical (unpaired) electrons. The number of anilines is 2. The lowest BCUT2D eigenvalue weighted by Crippen LogP contribution is -2.38. The maximum atomic E-state index is 14.0. The smallest absolute Gasteiger partial charge is 0.268 e. The highest BCUT2D eigenvalue weighted by molar-refractivity contribution is 7.93. The summed E-state index contributed by atoms with van der Waals surface area (Å²) in [7, 11) is -3.07. The molecule has 3 aromatic carbocycles. The molecule has 11 heteroatoms. The fourth-order valence-corrected chi connectivity index (χ4v) is 5.18. The zero-order chi connectivity index (χ0) is 24.3. The van der Waals surface area contributed by atoms with Crippen molar-refractivity contribution >= 4 is 50.5 Å². The van der Waals surface area contributed by atoms with Crippen LogP contribution >= 0.6 is 23.2 Å². The Bertz CT molecular complexity index is 1300. The molecule has 174 valence electrons. The number of methoxy groups -OCH3 is 1. The molecule has 1 amide bonds. The maximum absolute atomic E-state index is 14.0. The second-order valence-corrected chi connectivity index (χ2v) is 9.67. The zero-order valence-corrected chi connectivity index (χ0v) is 19.7. The first-order chi connectivity index (χ1) is 15.5. The first kappa shape index (κ1) is 24.8. The van der Waals surface area contributed by atoms with E-state index in [0.29, 0.717) is 11.6 Å². The molecule has 0 aliphatic carbocycles. The Kier molecular flexibility index (Phi) is 7.46. The largest absolute Gasteiger partial charge is 0.495 e. The summed E-state index contributed by atoms with van der Waals surface area (Å²) in [6.07, 6.45) is 0. The molecule has 0 atom stereocenters. The third kappa shape index (κ3) is 5.73. The van der Waals surface area contributed by atoms with Crippen molar-refractivity contribution in [1.82, 2.24) is 0 Å². The Hall–Kier alpha value is -2.88. The molecule has 0 fully saturated rings. The van der Waals surface area contributed by atoms with Gasteiger partial charge in [0.2, 0.25) is 5.91 Å². The Morgan fingerprint density at radius 2 is 1.70 bits per heavy atom. The van der Waals surface area contributed by atoms with Crippen LogP contribution in [0.4, 0.5) is 20.2 Å². The quantitative estimate of drug-likeness (QED) is 0.456. The van der Waals surface area contributed by atoms with Gasteiger partial charge in [0.1, 0.15) is 28.8 Å². The number of hydrogen-bond donors (Lipinski definition) is 1. The molecule has 0 saturated heterocycles. The minimum atomic E-state index is -4.38. The second-order valence-electron chi connectivity index (χ2n) is 6.97. The van der Waals surface area contributed by atoms with E-state index in [1.54, 1.807) is 13.0 Å². The van der Waals surface area contributed by atoms with Crippen LogP contribution < -0.4 is 14.4 Å². The van der Waals surface area contributed by atoms with Gasteiger partial charge in [0.15, 0.2) is 0 Å². The SMILES string of the molecule is COc1ccc(C)cc1S(=O)(=O)N(CC(=O)Nc1ccc(F)cc1F)c1cc(Cl)cc(Cl)c1. The highest BCUT2D eigenvalue weighted by atomic mass is 35.5. The lowest BCUT2D eigenvalue weighted by Gasteiger charge is -2.25. The molecule has 0 aliphatic rings. The molecule has 0 spiro atoms. The number of carbonyl (C=O) groups excluding carboxylic acids is 1. The Morgan fingerprint density at radius 1 is 1.03 bits per heavy atom. The van der Waals surface area contributed by atoms with Gasteiger partial charge < -0.3 is 10.1 Å². The summed E-state index contributed by atoms with van der Waals surface area (Å²) in [6.45, 7) is 0.940. The van der Waals surface area contributed by atoms with Crippen LogP contribution in [0.2, 0.25) is 10.0 Å². The minimum absolute atomic E-state index is 0.00536. The molecule has 1 N–H and O–H groups in total. The van der Waals surface area contributed by atoms with Crippen molar-refractivity contribution in [2.24, 2.45) is 0 Å². The Labute approximate surface area is 199 Å². The molecule has 0 aromatic heterocycles. The van der Waals surface area contributed by atoms with Gasteiger partial charge in [-0.25, -0.2) is 17.2 Å². The number of hydrogen-bond acceptors (Lipinski definition) is 4. The fraction of sp³-hybridized carbons (Fsp3) is 0.136. The number of sulfonamides is 1. The van der Waals surface area contributed by atoms with Crippen molar-refractivity contribution in [1.29, 1.82) is 0 Å². The summed E-state index contributed by atoms with van der Waals surface area (Å²) in [5, 5.41) is 2.52. The van der Waals surface area contributed by atoms with E-state index in [2.05, 4.69) is 5.32 Å². The van der Waals surface area contributed by atoms with Gasteiger partial charge in [-0.2, -0.15) is 0 Å². The number of nitrogens with zero attached hydrogens (tertiary/aromatic N) is 1. The van der Waals surface area contributed by atoms with Crippen molar-refractivity contribution < 1.29 is 26.7 Å². The van der Waals surface area contributed by atoms with Crippen LogP contribution in [0.3, 0.4) is 0 Å². The highest BCUT2D eigenvalue weighted by Gasteiger charge is 2.31. The third-order valence-corrected chi connectivity index (χ3v) is 6.75. The van der Waals surface area contributed by atoms with Gasteiger partial charge in [-0.1, -0.05) is 29.3 Å². The van der Waals surface area contributed by atoms with Crippen molar-refractivity contribution in [3.63, 3.8) is 0 Å². The van der Waals surface area contributed by atoms with E-state index in [9.17, 15) is 22.0 Å². The molecule has 0 heterocycles. The number of ether oxygens (including phenoxy) is 1. The van der Waals surface area contributed by atoms with Crippen LogP contribution in [0.25, 0.3) is 0 Å². The predicted octanol–water partition coefficient (Wildman–Crippen LogP) is 5.42. The van der Waals surface area contributed by atoms with Crippen LogP contribution in [0, 0.1) is 18.6 Å².